The summed E-state index contributed by atoms with van der Waals surface area (Å²) in [5.74, 6) is -2.39. The SMILES string of the molecule is Cc1ccc(C(=O)O)c(C(=O)[O-])c1.Cc1ccc([P+](c2ccc(C)cc2)(c2ccc(C)cc2)c2cc(O)ccc2O)cc1. The van der Waals surface area contributed by atoms with Crippen LogP contribution >= 0.6 is 7.26 Å². The first kappa shape index (κ1) is 31.0. The molecule has 0 aromatic heterocycles. The molecule has 3 N–H and O–H groups in total. The number of carboxylic acids is 2. The Morgan fingerprint density at radius 3 is 1.37 bits per heavy atom. The molecule has 0 aliphatic heterocycles. The van der Waals surface area contributed by atoms with Crippen LogP contribution in [-0.2, 0) is 0 Å². The monoisotopic (exact) mass is 592 g/mol. The molecule has 0 amide bonds. The fraction of sp³-hybridized carbons (Fsp3) is 0.111. The molecule has 0 radical (unpaired) electrons. The van der Waals surface area contributed by atoms with Gasteiger partial charge in [-0.05, 0) is 88.4 Å². The van der Waals surface area contributed by atoms with E-state index in [2.05, 4.69) is 93.6 Å². The first-order valence-corrected chi connectivity index (χ1v) is 15.4. The van der Waals surface area contributed by atoms with Crippen molar-refractivity contribution in [2.45, 2.75) is 27.7 Å². The topological polar surface area (TPSA) is 118 Å². The van der Waals surface area contributed by atoms with Crippen LogP contribution in [0.4, 0.5) is 0 Å². The molecule has 5 aromatic rings. The Hall–Kier alpha value is -4.93. The van der Waals surface area contributed by atoms with Gasteiger partial charge in [0.1, 0.15) is 28.9 Å². The van der Waals surface area contributed by atoms with Crippen LogP contribution in [0.15, 0.2) is 109 Å². The molecule has 5 aromatic carbocycles. The third-order valence-corrected chi connectivity index (χ3v) is 11.5. The number of phenolic OH excluding ortho intramolecular Hbond substituents is 2. The summed E-state index contributed by atoms with van der Waals surface area (Å²) in [6.07, 6.45) is 0. The van der Waals surface area contributed by atoms with Crippen molar-refractivity contribution in [2.24, 2.45) is 0 Å². The van der Waals surface area contributed by atoms with Crippen LogP contribution in [-0.4, -0.2) is 27.3 Å². The number of carboxylic acid groups (broad SMARTS) is 2. The zero-order chi connectivity index (χ0) is 31.3. The molecule has 0 heterocycles. The number of benzene rings is 5. The van der Waals surface area contributed by atoms with E-state index in [0.717, 1.165) is 21.2 Å². The van der Waals surface area contributed by atoms with Gasteiger partial charge in [0.15, 0.2) is 11.1 Å². The molecule has 0 fully saturated rings. The van der Waals surface area contributed by atoms with E-state index in [4.69, 9.17) is 5.11 Å². The molecule has 218 valence electrons. The van der Waals surface area contributed by atoms with Gasteiger partial charge in [-0.25, -0.2) is 4.79 Å². The second-order valence-electron chi connectivity index (χ2n) is 10.5. The van der Waals surface area contributed by atoms with Gasteiger partial charge in [0.2, 0.25) is 0 Å². The predicted octanol–water partition coefficient (Wildman–Crippen LogP) is 4.70. The van der Waals surface area contributed by atoms with E-state index in [1.807, 2.05) is 0 Å². The standard InChI is InChI=1S/C27H25O2P.C9H8O4/c1-19-4-11-23(12-5-19)30(24-13-6-20(2)7-14-24,25-15-8-21(3)9-16-25)27-18-22(28)10-17-26(27)29;1-5-2-3-6(8(10)11)7(4-5)9(12)13/h4-18H,1-3H3,(H-,28,29);2-4H,1H3,(H,10,11)(H,12,13). The number of carbonyl (C=O) groups excluding carboxylic acids is 1. The van der Waals surface area contributed by atoms with Crippen molar-refractivity contribution in [3.05, 3.63) is 143 Å². The van der Waals surface area contributed by atoms with E-state index in [0.29, 0.717) is 5.56 Å². The van der Waals surface area contributed by atoms with E-state index in [1.165, 1.54) is 41.0 Å². The molecular weight excluding hydrogens is 559 g/mol. The maximum absolute atomic E-state index is 11.0. The number of phenols is 2. The van der Waals surface area contributed by atoms with Gasteiger partial charge in [-0.15, -0.1) is 0 Å². The van der Waals surface area contributed by atoms with Crippen LogP contribution in [0.1, 0.15) is 43.0 Å². The van der Waals surface area contributed by atoms with Crippen molar-refractivity contribution in [2.75, 3.05) is 0 Å². The second-order valence-corrected chi connectivity index (χ2v) is 13.9. The Morgan fingerprint density at radius 1 is 0.558 bits per heavy atom. The Bertz CT molecular complexity index is 1650. The Balaban J connectivity index is 0.000000273. The molecule has 0 saturated heterocycles. The van der Waals surface area contributed by atoms with Crippen LogP contribution in [0.3, 0.4) is 0 Å². The van der Waals surface area contributed by atoms with Crippen molar-refractivity contribution in [1.29, 1.82) is 0 Å². The van der Waals surface area contributed by atoms with E-state index in [-0.39, 0.29) is 22.6 Å². The molecule has 7 heteroatoms. The Morgan fingerprint density at radius 2 is 0.977 bits per heavy atom. The van der Waals surface area contributed by atoms with Crippen molar-refractivity contribution in [3.63, 3.8) is 0 Å². The highest BCUT2D eigenvalue weighted by Crippen LogP contribution is 2.56. The van der Waals surface area contributed by atoms with Crippen LogP contribution in [0.25, 0.3) is 0 Å². The van der Waals surface area contributed by atoms with E-state index in [1.54, 1.807) is 19.1 Å². The van der Waals surface area contributed by atoms with Gasteiger partial charge in [0.05, 0.1) is 11.5 Å². The minimum Gasteiger partial charge on any atom is -0.545 e. The van der Waals surface area contributed by atoms with Crippen molar-refractivity contribution in [1.82, 2.24) is 0 Å². The van der Waals surface area contributed by atoms with E-state index >= 15 is 0 Å². The Labute approximate surface area is 251 Å². The lowest BCUT2D eigenvalue weighted by molar-refractivity contribution is -0.255. The lowest BCUT2D eigenvalue weighted by Crippen LogP contribution is -2.38. The van der Waals surface area contributed by atoms with Crippen LogP contribution in [0, 0.1) is 27.7 Å². The first-order valence-electron chi connectivity index (χ1n) is 13.6. The summed E-state index contributed by atoms with van der Waals surface area (Å²) in [5.41, 5.74) is 3.71. The maximum atomic E-state index is 11.0. The number of hydrogen-bond donors (Lipinski definition) is 3. The number of hydrogen-bond acceptors (Lipinski definition) is 5. The molecule has 0 unspecified atom stereocenters. The largest absolute Gasteiger partial charge is 0.545 e. The smallest absolute Gasteiger partial charge is 0.336 e. The molecule has 0 atom stereocenters. The summed E-state index contributed by atoms with van der Waals surface area (Å²) in [7, 11) is -2.44. The molecule has 0 spiro atoms. The highest BCUT2D eigenvalue weighted by Gasteiger charge is 2.50. The number of aromatic hydroxyl groups is 2. The molecule has 0 saturated carbocycles. The fourth-order valence-electron chi connectivity index (χ4n) is 4.96. The highest BCUT2D eigenvalue weighted by atomic mass is 31.2. The lowest BCUT2D eigenvalue weighted by Gasteiger charge is -2.28. The molecule has 43 heavy (non-hydrogen) atoms. The molecule has 0 bridgehead atoms. The average molecular weight is 593 g/mol. The molecule has 6 nitrogen and oxygen atoms in total. The van der Waals surface area contributed by atoms with Crippen LogP contribution < -0.4 is 26.3 Å². The van der Waals surface area contributed by atoms with Gasteiger partial charge in [-0.2, -0.15) is 0 Å². The number of carbonyl (C=O) groups is 2. The van der Waals surface area contributed by atoms with Gasteiger partial charge < -0.3 is 25.2 Å². The average Bonchev–Trinajstić information content (AvgIpc) is 2.98. The van der Waals surface area contributed by atoms with Crippen molar-refractivity contribution < 1.29 is 30.0 Å². The minimum absolute atomic E-state index is 0.151. The summed E-state index contributed by atoms with van der Waals surface area (Å²) >= 11 is 0. The van der Waals surface area contributed by atoms with Gasteiger partial charge in [0, 0.05) is 11.6 Å². The van der Waals surface area contributed by atoms with Crippen molar-refractivity contribution in [3.8, 4) is 11.5 Å². The second kappa shape index (κ2) is 12.9. The fourth-order valence-corrected chi connectivity index (χ4v) is 9.23. The van der Waals surface area contributed by atoms with E-state index < -0.39 is 19.2 Å². The third-order valence-electron chi connectivity index (χ3n) is 7.21. The first-order chi connectivity index (χ1) is 20.4. The normalized spacial score (nSPS) is 10.9. The van der Waals surface area contributed by atoms with E-state index in [9.17, 15) is 24.9 Å². The Kier molecular flexibility index (Phi) is 9.33. The number of aryl methyl sites for hydroxylation is 4. The quantitative estimate of drug-likeness (QED) is 0.194. The number of aromatic carboxylic acids is 2. The summed E-state index contributed by atoms with van der Waals surface area (Å²) in [5, 5.41) is 44.7. The highest BCUT2D eigenvalue weighted by molar-refractivity contribution is 8.01. The summed E-state index contributed by atoms with van der Waals surface area (Å²) in [6, 6.07) is 34.6. The predicted molar refractivity (Wildman–Crippen MR) is 171 cm³/mol. The third kappa shape index (κ3) is 6.61. The van der Waals surface area contributed by atoms with Crippen LogP contribution in [0.5, 0.6) is 11.5 Å². The summed E-state index contributed by atoms with van der Waals surface area (Å²) in [6.45, 7) is 7.91. The van der Waals surface area contributed by atoms with Gasteiger partial charge >= 0.3 is 5.97 Å². The number of rotatable bonds is 6. The maximum Gasteiger partial charge on any atom is 0.336 e. The zero-order valence-electron chi connectivity index (χ0n) is 24.4. The summed E-state index contributed by atoms with van der Waals surface area (Å²) < 4.78 is 0. The molecular formula is C36H33O6P. The molecule has 5 rings (SSSR count). The van der Waals surface area contributed by atoms with Crippen LogP contribution in [0.2, 0.25) is 0 Å². The van der Waals surface area contributed by atoms with Gasteiger partial charge in [0.25, 0.3) is 0 Å². The minimum atomic E-state index is -2.44. The summed E-state index contributed by atoms with van der Waals surface area (Å²) in [4.78, 5) is 21.1. The van der Waals surface area contributed by atoms with Gasteiger partial charge in [-0.3, -0.25) is 0 Å². The molecule has 0 aliphatic carbocycles. The zero-order valence-corrected chi connectivity index (χ0v) is 25.3. The van der Waals surface area contributed by atoms with Crippen molar-refractivity contribution >= 4 is 40.4 Å². The molecule has 0 aliphatic rings. The lowest BCUT2D eigenvalue weighted by atomic mass is 10.0. The van der Waals surface area contributed by atoms with Gasteiger partial charge in [-0.1, -0.05) is 64.7 Å².